The minimum atomic E-state index is -0.342. The molecular weight excluding hydrogens is 373 g/mol. The van der Waals surface area contributed by atoms with Gasteiger partial charge in [-0.1, -0.05) is 18.2 Å². The number of carbonyl (C=O) groups is 1. The Morgan fingerprint density at radius 2 is 2.12 bits per heavy atom. The molecule has 4 rings (SSSR count). The summed E-state index contributed by atoms with van der Waals surface area (Å²) < 4.78 is 19.0. The first kappa shape index (κ1) is 16.6. The van der Waals surface area contributed by atoms with Crippen LogP contribution < -0.4 is 5.32 Å². The summed E-state index contributed by atoms with van der Waals surface area (Å²) in [5, 5.41) is 5.48. The minimum Gasteiger partial charge on any atom is -0.462 e. The number of anilines is 1. The Labute approximate surface area is 156 Å². The number of aromatic nitrogens is 2. The maximum atomic E-state index is 13.7. The van der Waals surface area contributed by atoms with Gasteiger partial charge in [0.15, 0.2) is 15.9 Å². The van der Waals surface area contributed by atoms with E-state index in [1.807, 2.05) is 0 Å². The second-order valence-electron chi connectivity index (χ2n) is 5.37. The van der Waals surface area contributed by atoms with Crippen molar-refractivity contribution < 1.29 is 13.6 Å². The summed E-state index contributed by atoms with van der Waals surface area (Å²) in [6, 6.07) is 10.2. The van der Waals surface area contributed by atoms with Crippen LogP contribution in [0.5, 0.6) is 0 Å². The lowest BCUT2D eigenvalue weighted by molar-refractivity contribution is 0.102. The van der Waals surface area contributed by atoms with Crippen LogP contribution in [0.4, 0.5) is 9.52 Å². The number of halogens is 1. The molecule has 26 heavy (non-hydrogen) atoms. The van der Waals surface area contributed by atoms with Crippen molar-refractivity contribution in [3.8, 4) is 10.8 Å². The van der Waals surface area contributed by atoms with Gasteiger partial charge in [-0.15, -0.1) is 22.7 Å². The van der Waals surface area contributed by atoms with Crippen LogP contribution in [-0.2, 0) is 6.42 Å². The number of benzene rings is 1. The zero-order chi connectivity index (χ0) is 17.9. The molecule has 0 atom stereocenters. The van der Waals surface area contributed by atoms with E-state index in [1.54, 1.807) is 48.2 Å². The van der Waals surface area contributed by atoms with Crippen LogP contribution in [0.3, 0.4) is 0 Å². The summed E-state index contributed by atoms with van der Waals surface area (Å²) in [6.45, 7) is 0. The fraction of sp³-hybridized carbons (Fsp3) is 0.0556. The van der Waals surface area contributed by atoms with Crippen LogP contribution >= 0.6 is 22.7 Å². The zero-order valence-corrected chi connectivity index (χ0v) is 14.9. The highest BCUT2D eigenvalue weighted by molar-refractivity contribution is 7.15. The molecule has 0 aliphatic carbocycles. The second-order valence-corrected chi connectivity index (χ2v) is 7.34. The summed E-state index contributed by atoms with van der Waals surface area (Å²) in [5.41, 5.74) is 0.892. The molecule has 5 nitrogen and oxygen atoms in total. The van der Waals surface area contributed by atoms with Crippen LogP contribution in [0.2, 0.25) is 0 Å². The van der Waals surface area contributed by atoms with E-state index in [-0.39, 0.29) is 11.7 Å². The van der Waals surface area contributed by atoms with Gasteiger partial charge >= 0.3 is 0 Å². The fourth-order valence-corrected chi connectivity index (χ4v) is 3.93. The normalized spacial score (nSPS) is 10.8. The molecule has 1 aromatic carbocycles. The summed E-state index contributed by atoms with van der Waals surface area (Å²) in [6.07, 6.45) is 3.63. The number of furan rings is 1. The summed E-state index contributed by atoms with van der Waals surface area (Å²) in [7, 11) is 0. The van der Waals surface area contributed by atoms with E-state index in [0.29, 0.717) is 33.6 Å². The zero-order valence-electron chi connectivity index (χ0n) is 13.3. The van der Waals surface area contributed by atoms with Crippen LogP contribution in [0.15, 0.2) is 58.7 Å². The van der Waals surface area contributed by atoms with Crippen LogP contribution in [0, 0.1) is 5.82 Å². The number of rotatable bonds is 5. The van der Waals surface area contributed by atoms with E-state index in [4.69, 9.17) is 4.42 Å². The van der Waals surface area contributed by atoms with E-state index in [9.17, 15) is 9.18 Å². The molecule has 0 saturated carbocycles. The molecule has 1 amide bonds. The summed E-state index contributed by atoms with van der Waals surface area (Å²) >= 11 is 2.64. The molecule has 0 fully saturated rings. The van der Waals surface area contributed by atoms with Crippen LogP contribution in [0.25, 0.3) is 10.8 Å². The van der Waals surface area contributed by atoms with Crippen molar-refractivity contribution in [2.75, 3.05) is 5.32 Å². The molecule has 4 aromatic rings. The Balaban J connectivity index is 1.44. The van der Waals surface area contributed by atoms with Crippen LogP contribution in [-0.4, -0.2) is 15.9 Å². The van der Waals surface area contributed by atoms with Crippen molar-refractivity contribution in [1.82, 2.24) is 9.97 Å². The third kappa shape index (κ3) is 3.56. The number of nitrogens with zero attached hydrogens (tertiary/aromatic N) is 2. The van der Waals surface area contributed by atoms with Gasteiger partial charge in [-0.25, -0.2) is 14.4 Å². The van der Waals surface area contributed by atoms with Gasteiger partial charge in [0.1, 0.15) is 11.5 Å². The van der Waals surface area contributed by atoms with E-state index in [2.05, 4.69) is 15.3 Å². The molecule has 8 heteroatoms. The van der Waals surface area contributed by atoms with E-state index in [0.717, 1.165) is 4.88 Å². The first-order chi connectivity index (χ1) is 12.7. The van der Waals surface area contributed by atoms with E-state index < -0.39 is 0 Å². The van der Waals surface area contributed by atoms with Gasteiger partial charge in [0.05, 0.1) is 6.26 Å². The lowest BCUT2D eigenvalue weighted by Crippen LogP contribution is -2.11. The topological polar surface area (TPSA) is 68.0 Å². The largest absolute Gasteiger partial charge is 0.462 e. The lowest BCUT2D eigenvalue weighted by Gasteiger charge is -2.00. The van der Waals surface area contributed by atoms with Crippen molar-refractivity contribution in [3.05, 3.63) is 76.2 Å². The fourth-order valence-electron chi connectivity index (χ4n) is 2.33. The SMILES string of the molecule is O=C(Nc1ncc(Cc2ccccc2F)s1)c1csc(-c2ccco2)n1. The highest BCUT2D eigenvalue weighted by atomic mass is 32.1. The van der Waals surface area contributed by atoms with Crippen LogP contribution in [0.1, 0.15) is 20.9 Å². The van der Waals surface area contributed by atoms with Crippen molar-refractivity contribution in [1.29, 1.82) is 0 Å². The van der Waals surface area contributed by atoms with Gasteiger partial charge in [-0.05, 0) is 23.8 Å². The highest BCUT2D eigenvalue weighted by Gasteiger charge is 2.15. The predicted molar refractivity (Wildman–Crippen MR) is 99.1 cm³/mol. The molecular formula is C18H12FN3O2S2. The molecule has 3 heterocycles. The Hall–Kier alpha value is -2.84. The van der Waals surface area contributed by atoms with Crippen molar-refractivity contribution in [3.63, 3.8) is 0 Å². The average molecular weight is 385 g/mol. The molecule has 0 bridgehead atoms. The first-order valence-electron chi connectivity index (χ1n) is 7.68. The first-order valence-corrected chi connectivity index (χ1v) is 9.37. The smallest absolute Gasteiger partial charge is 0.276 e. The van der Waals surface area contributed by atoms with Gasteiger partial charge in [0.25, 0.3) is 5.91 Å². The van der Waals surface area contributed by atoms with Gasteiger partial charge in [0, 0.05) is 22.9 Å². The number of hydrogen-bond donors (Lipinski definition) is 1. The minimum absolute atomic E-state index is 0.251. The number of nitrogens with one attached hydrogen (secondary N) is 1. The molecule has 0 aliphatic heterocycles. The number of amides is 1. The van der Waals surface area contributed by atoms with Gasteiger partial charge in [-0.3, -0.25) is 10.1 Å². The highest BCUT2D eigenvalue weighted by Crippen LogP contribution is 2.26. The maximum absolute atomic E-state index is 13.7. The molecule has 0 spiro atoms. The van der Waals surface area contributed by atoms with Crippen molar-refractivity contribution >= 4 is 33.7 Å². The van der Waals surface area contributed by atoms with E-state index in [1.165, 1.54) is 28.7 Å². The van der Waals surface area contributed by atoms with E-state index >= 15 is 0 Å². The molecule has 0 aliphatic rings. The molecule has 3 aromatic heterocycles. The van der Waals surface area contributed by atoms with Crippen molar-refractivity contribution in [2.24, 2.45) is 0 Å². The third-order valence-electron chi connectivity index (χ3n) is 3.57. The molecule has 1 N–H and O–H groups in total. The number of carbonyl (C=O) groups excluding carboxylic acids is 1. The Kier molecular flexibility index (Phi) is 4.59. The summed E-state index contributed by atoms with van der Waals surface area (Å²) in [5.74, 6) is 0.0285. The quantitative estimate of drug-likeness (QED) is 0.534. The predicted octanol–water partition coefficient (Wildman–Crippen LogP) is 4.84. The Bertz CT molecular complexity index is 1040. The van der Waals surface area contributed by atoms with Gasteiger partial charge in [-0.2, -0.15) is 0 Å². The van der Waals surface area contributed by atoms with Gasteiger partial charge in [0.2, 0.25) is 0 Å². The molecule has 0 radical (unpaired) electrons. The lowest BCUT2D eigenvalue weighted by atomic mass is 10.1. The Morgan fingerprint density at radius 3 is 2.92 bits per heavy atom. The monoisotopic (exact) mass is 385 g/mol. The molecule has 0 unspecified atom stereocenters. The average Bonchev–Trinajstić information content (AvgIpc) is 3.38. The number of thiazole rings is 2. The molecule has 0 saturated heterocycles. The number of hydrogen-bond acceptors (Lipinski definition) is 6. The van der Waals surface area contributed by atoms with Crippen molar-refractivity contribution in [2.45, 2.75) is 6.42 Å². The Morgan fingerprint density at radius 1 is 1.23 bits per heavy atom. The third-order valence-corrected chi connectivity index (χ3v) is 5.33. The standard InChI is InChI=1S/C18H12FN3O2S2/c19-13-5-2-1-4-11(13)8-12-9-20-18(26-12)22-16(23)14-10-25-17(21-14)15-6-3-7-24-15/h1-7,9-10H,8H2,(H,20,22,23). The summed E-state index contributed by atoms with van der Waals surface area (Å²) in [4.78, 5) is 21.6. The molecule has 130 valence electrons. The van der Waals surface area contributed by atoms with Gasteiger partial charge < -0.3 is 4.42 Å². The maximum Gasteiger partial charge on any atom is 0.276 e. The second kappa shape index (κ2) is 7.19.